The smallest absolute Gasteiger partial charge is 0.0928 e. The lowest BCUT2D eigenvalue weighted by molar-refractivity contribution is 0.902. The number of hydrogen-bond donors (Lipinski definition) is 1. The summed E-state index contributed by atoms with van der Waals surface area (Å²) in [4.78, 5) is 5.88. The fourth-order valence-electron chi connectivity index (χ4n) is 1.68. The molecular weight excluding hydrogens is 260 g/mol. The third kappa shape index (κ3) is 3.27. The fraction of sp³-hybridized carbons (Fsp3) is 0.357. The highest BCUT2D eigenvalue weighted by molar-refractivity contribution is 7.98. The molecule has 2 rings (SSSR count). The topological polar surface area (TPSA) is 38.9 Å². The molecular formula is C14H18N2S2. The maximum absolute atomic E-state index is 5.91. The molecule has 18 heavy (non-hydrogen) atoms. The first-order chi connectivity index (χ1) is 8.70. The van der Waals surface area contributed by atoms with Gasteiger partial charge in [0.1, 0.15) is 0 Å². The standard InChI is InChI=1S/C14H18N2S2/c1-3-5-14-16-11(9-18-14)8-17-13-7-4-6-12(15)10(13)2/h4,6-7,9H,3,5,8,15H2,1-2H3. The number of benzene rings is 1. The molecule has 0 radical (unpaired) electrons. The number of rotatable bonds is 5. The third-order valence-electron chi connectivity index (χ3n) is 2.76. The van der Waals surface area contributed by atoms with E-state index in [0.717, 1.165) is 24.3 Å². The molecule has 0 aliphatic carbocycles. The van der Waals surface area contributed by atoms with Crippen molar-refractivity contribution in [2.24, 2.45) is 0 Å². The van der Waals surface area contributed by atoms with Crippen molar-refractivity contribution in [3.05, 3.63) is 39.8 Å². The van der Waals surface area contributed by atoms with Crippen LogP contribution in [-0.2, 0) is 12.2 Å². The van der Waals surface area contributed by atoms with Crippen molar-refractivity contribution in [1.29, 1.82) is 0 Å². The van der Waals surface area contributed by atoms with Gasteiger partial charge in [0, 0.05) is 21.7 Å². The van der Waals surface area contributed by atoms with Crippen molar-refractivity contribution in [1.82, 2.24) is 4.98 Å². The minimum absolute atomic E-state index is 0.866. The van der Waals surface area contributed by atoms with Gasteiger partial charge in [0.2, 0.25) is 0 Å². The predicted molar refractivity (Wildman–Crippen MR) is 81.3 cm³/mol. The molecule has 2 aromatic rings. The normalized spacial score (nSPS) is 10.8. The first-order valence-corrected chi connectivity index (χ1v) is 7.98. The number of nitrogens with zero attached hydrogens (tertiary/aromatic N) is 1. The Labute approximate surface area is 117 Å². The minimum Gasteiger partial charge on any atom is -0.398 e. The van der Waals surface area contributed by atoms with E-state index in [4.69, 9.17) is 5.73 Å². The summed E-state index contributed by atoms with van der Waals surface area (Å²) in [6.07, 6.45) is 2.25. The maximum Gasteiger partial charge on any atom is 0.0928 e. The Morgan fingerprint density at radius 2 is 2.22 bits per heavy atom. The van der Waals surface area contributed by atoms with Crippen molar-refractivity contribution in [3.63, 3.8) is 0 Å². The molecule has 96 valence electrons. The van der Waals surface area contributed by atoms with Gasteiger partial charge in [-0.05, 0) is 37.5 Å². The Morgan fingerprint density at radius 3 is 3.00 bits per heavy atom. The summed E-state index contributed by atoms with van der Waals surface area (Å²) in [6.45, 7) is 4.26. The van der Waals surface area contributed by atoms with E-state index in [0.29, 0.717) is 0 Å². The van der Waals surface area contributed by atoms with Gasteiger partial charge in [-0.15, -0.1) is 23.1 Å². The van der Waals surface area contributed by atoms with Crippen LogP contribution in [0.25, 0.3) is 0 Å². The Bertz CT molecular complexity index is 520. The fourth-order valence-corrected chi connectivity index (χ4v) is 3.65. The summed E-state index contributed by atoms with van der Waals surface area (Å²) in [5.41, 5.74) is 9.12. The van der Waals surface area contributed by atoms with Crippen LogP contribution in [0.4, 0.5) is 5.69 Å². The van der Waals surface area contributed by atoms with Crippen molar-refractivity contribution < 1.29 is 0 Å². The number of aryl methyl sites for hydroxylation is 1. The van der Waals surface area contributed by atoms with Gasteiger partial charge in [0.05, 0.1) is 10.7 Å². The Kier molecular flexibility index (Phi) is 4.66. The van der Waals surface area contributed by atoms with Crippen LogP contribution in [0, 0.1) is 6.92 Å². The summed E-state index contributed by atoms with van der Waals surface area (Å²) in [7, 11) is 0. The highest BCUT2D eigenvalue weighted by Crippen LogP contribution is 2.29. The molecule has 1 aromatic carbocycles. The van der Waals surface area contributed by atoms with E-state index in [1.54, 1.807) is 11.3 Å². The number of aromatic nitrogens is 1. The number of nitrogen functional groups attached to an aromatic ring is 1. The molecule has 0 fully saturated rings. The van der Waals surface area contributed by atoms with Crippen LogP contribution < -0.4 is 5.73 Å². The molecule has 0 atom stereocenters. The first-order valence-electron chi connectivity index (χ1n) is 6.12. The van der Waals surface area contributed by atoms with Crippen LogP contribution in [0.5, 0.6) is 0 Å². The van der Waals surface area contributed by atoms with Gasteiger partial charge >= 0.3 is 0 Å². The largest absolute Gasteiger partial charge is 0.398 e. The van der Waals surface area contributed by atoms with E-state index < -0.39 is 0 Å². The minimum atomic E-state index is 0.866. The number of thiazole rings is 1. The van der Waals surface area contributed by atoms with Gasteiger partial charge in [-0.1, -0.05) is 13.0 Å². The van der Waals surface area contributed by atoms with Crippen LogP contribution in [0.2, 0.25) is 0 Å². The summed E-state index contributed by atoms with van der Waals surface area (Å²) in [5.74, 6) is 0.921. The second kappa shape index (κ2) is 6.25. The molecule has 4 heteroatoms. The van der Waals surface area contributed by atoms with Crippen LogP contribution in [0.15, 0.2) is 28.5 Å². The molecule has 0 aliphatic heterocycles. The van der Waals surface area contributed by atoms with Gasteiger partial charge in [-0.3, -0.25) is 0 Å². The van der Waals surface area contributed by atoms with Gasteiger partial charge < -0.3 is 5.73 Å². The molecule has 1 heterocycles. The SMILES string of the molecule is CCCc1nc(CSc2cccc(N)c2C)cs1. The maximum atomic E-state index is 5.91. The Balaban J connectivity index is 2.00. The Hall–Kier alpha value is -1.000. The molecule has 0 aliphatic rings. The number of hydrogen-bond acceptors (Lipinski definition) is 4. The second-order valence-corrected chi connectivity index (χ2v) is 6.20. The van der Waals surface area contributed by atoms with Gasteiger partial charge in [-0.25, -0.2) is 4.98 Å². The highest BCUT2D eigenvalue weighted by atomic mass is 32.2. The average Bonchev–Trinajstić information content (AvgIpc) is 2.79. The van der Waals surface area contributed by atoms with Gasteiger partial charge in [0.25, 0.3) is 0 Å². The number of thioether (sulfide) groups is 1. The molecule has 2 N–H and O–H groups in total. The zero-order valence-corrected chi connectivity index (χ0v) is 12.4. The highest BCUT2D eigenvalue weighted by Gasteiger charge is 2.05. The predicted octanol–water partition coefficient (Wildman–Crippen LogP) is 4.28. The zero-order valence-electron chi connectivity index (χ0n) is 10.8. The molecule has 0 amide bonds. The van der Waals surface area contributed by atoms with Gasteiger partial charge in [0.15, 0.2) is 0 Å². The van der Waals surface area contributed by atoms with Crippen LogP contribution >= 0.6 is 23.1 Å². The van der Waals surface area contributed by atoms with E-state index >= 15 is 0 Å². The Morgan fingerprint density at radius 1 is 1.39 bits per heavy atom. The van der Waals surface area contributed by atoms with E-state index in [9.17, 15) is 0 Å². The van der Waals surface area contributed by atoms with E-state index in [2.05, 4.69) is 30.3 Å². The lowest BCUT2D eigenvalue weighted by Gasteiger charge is -2.06. The molecule has 0 saturated heterocycles. The molecule has 0 bridgehead atoms. The summed E-state index contributed by atoms with van der Waals surface area (Å²) in [5, 5.41) is 3.41. The van der Waals surface area contributed by atoms with Crippen LogP contribution in [0.3, 0.4) is 0 Å². The summed E-state index contributed by atoms with van der Waals surface area (Å²) in [6, 6.07) is 6.07. The van der Waals surface area contributed by atoms with Crippen LogP contribution in [0.1, 0.15) is 29.6 Å². The first kappa shape index (κ1) is 13.4. The quantitative estimate of drug-likeness (QED) is 0.655. The average molecular weight is 278 g/mol. The van der Waals surface area contributed by atoms with Crippen molar-refractivity contribution in [2.75, 3.05) is 5.73 Å². The number of anilines is 1. The lowest BCUT2D eigenvalue weighted by atomic mass is 10.2. The number of nitrogens with two attached hydrogens (primary N) is 1. The molecule has 1 aromatic heterocycles. The second-order valence-electron chi connectivity index (χ2n) is 4.24. The van der Waals surface area contributed by atoms with Crippen molar-refractivity contribution in [3.8, 4) is 0 Å². The molecule has 0 saturated carbocycles. The van der Waals surface area contributed by atoms with E-state index in [1.165, 1.54) is 21.2 Å². The molecule has 2 nitrogen and oxygen atoms in total. The molecule has 0 unspecified atom stereocenters. The van der Waals surface area contributed by atoms with E-state index in [-0.39, 0.29) is 0 Å². The van der Waals surface area contributed by atoms with Crippen molar-refractivity contribution in [2.45, 2.75) is 37.3 Å². The monoisotopic (exact) mass is 278 g/mol. The van der Waals surface area contributed by atoms with Crippen molar-refractivity contribution >= 4 is 28.8 Å². The van der Waals surface area contributed by atoms with Crippen LogP contribution in [-0.4, -0.2) is 4.98 Å². The third-order valence-corrected chi connectivity index (χ3v) is 4.92. The summed E-state index contributed by atoms with van der Waals surface area (Å²) < 4.78 is 0. The van der Waals surface area contributed by atoms with Gasteiger partial charge in [-0.2, -0.15) is 0 Å². The zero-order chi connectivity index (χ0) is 13.0. The van der Waals surface area contributed by atoms with E-state index in [1.807, 2.05) is 23.9 Å². The summed E-state index contributed by atoms with van der Waals surface area (Å²) >= 11 is 3.58. The lowest BCUT2D eigenvalue weighted by Crippen LogP contribution is -1.91. The molecule has 0 spiro atoms.